The third kappa shape index (κ3) is 2.92. The van der Waals surface area contributed by atoms with E-state index in [4.69, 9.17) is 20.3 Å². The van der Waals surface area contributed by atoms with Crippen molar-refractivity contribution in [3.05, 3.63) is 42.1 Å². The van der Waals surface area contributed by atoms with Crippen molar-refractivity contribution in [1.29, 1.82) is 0 Å². The van der Waals surface area contributed by atoms with Gasteiger partial charge in [-0.15, -0.1) is 0 Å². The van der Waals surface area contributed by atoms with Crippen LogP contribution in [0.5, 0.6) is 17.4 Å². The van der Waals surface area contributed by atoms with Gasteiger partial charge in [-0.2, -0.15) is 0 Å². The molecule has 0 saturated heterocycles. The van der Waals surface area contributed by atoms with Gasteiger partial charge in [-0.25, -0.2) is 9.78 Å². The maximum atomic E-state index is 10.8. The molecule has 0 atom stereocenters. The topological polar surface area (TPSA) is 94.7 Å². The summed E-state index contributed by atoms with van der Waals surface area (Å²) < 4.78 is 10.5. The van der Waals surface area contributed by atoms with Crippen LogP contribution < -0.4 is 15.2 Å². The molecule has 0 spiro atoms. The molecule has 2 rings (SSSR count). The summed E-state index contributed by atoms with van der Waals surface area (Å²) in [6, 6.07) is 9.59. The van der Waals surface area contributed by atoms with Crippen molar-refractivity contribution in [1.82, 2.24) is 4.98 Å². The number of aromatic nitrogens is 1. The Labute approximate surface area is 109 Å². The zero-order valence-electron chi connectivity index (χ0n) is 10.2. The molecule has 2 aromatic rings. The first kappa shape index (κ1) is 12.7. The van der Waals surface area contributed by atoms with Gasteiger partial charge in [-0.3, -0.25) is 0 Å². The third-order valence-electron chi connectivity index (χ3n) is 2.36. The van der Waals surface area contributed by atoms with Gasteiger partial charge in [0.25, 0.3) is 0 Å². The summed E-state index contributed by atoms with van der Waals surface area (Å²) in [7, 11) is 1.54. The first-order chi connectivity index (χ1) is 9.10. The van der Waals surface area contributed by atoms with Crippen LogP contribution in [0.3, 0.4) is 0 Å². The molecule has 3 N–H and O–H groups in total. The van der Waals surface area contributed by atoms with E-state index in [-0.39, 0.29) is 17.3 Å². The lowest BCUT2D eigenvalue weighted by atomic mass is 10.3. The number of aromatic carboxylic acids is 1. The smallest absolute Gasteiger partial charge is 0.354 e. The summed E-state index contributed by atoms with van der Waals surface area (Å²) in [5.74, 6) is -0.0183. The van der Waals surface area contributed by atoms with Gasteiger partial charge in [0.1, 0.15) is 11.5 Å². The Kier molecular flexibility index (Phi) is 3.51. The quantitative estimate of drug-likeness (QED) is 0.874. The molecule has 6 heteroatoms. The minimum Gasteiger partial charge on any atom is -0.497 e. The Morgan fingerprint density at radius 1 is 1.26 bits per heavy atom. The van der Waals surface area contributed by atoms with Crippen LogP contribution in [0.4, 0.5) is 5.69 Å². The number of hydrogen-bond acceptors (Lipinski definition) is 5. The highest BCUT2D eigenvalue weighted by molar-refractivity contribution is 5.86. The second-order valence-electron chi connectivity index (χ2n) is 3.68. The van der Waals surface area contributed by atoms with E-state index < -0.39 is 5.97 Å². The second kappa shape index (κ2) is 5.26. The zero-order valence-corrected chi connectivity index (χ0v) is 10.2. The molecule has 0 unspecified atom stereocenters. The van der Waals surface area contributed by atoms with Gasteiger partial charge in [0.15, 0.2) is 5.69 Å². The maximum Gasteiger partial charge on any atom is 0.354 e. The number of carboxylic acid groups (broad SMARTS) is 1. The number of ether oxygens (including phenoxy) is 2. The number of benzene rings is 1. The number of hydrogen-bond donors (Lipinski definition) is 2. The molecule has 0 saturated carbocycles. The average molecular weight is 260 g/mol. The Balaban J connectivity index is 2.31. The summed E-state index contributed by atoms with van der Waals surface area (Å²) in [5.41, 5.74) is 5.82. The summed E-state index contributed by atoms with van der Waals surface area (Å²) in [4.78, 5) is 14.7. The van der Waals surface area contributed by atoms with Crippen molar-refractivity contribution in [2.75, 3.05) is 12.8 Å². The monoisotopic (exact) mass is 260 g/mol. The fourth-order valence-electron chi connectivity index (χ4n) is 1.43. The predicted molar refractivity (Wildman–Crippen MR) is 68.7 cm³/mol. The van der Waals surface area contributed by atoms with Crippen molar-refractivity contribution < 1.29 is 19.4 Å². The minimum atomic E-state index is -1.14. The molecule has 0 bridgehead atoms. The largest absolute Gasteiger partial charge is 0.497 e. The lowest BCUT2D eigenvalue weighted by Gasteiger charge is -2.09. The number of nitrogens with zero attached hydrogens (tertiary/aromatic N) is 1. The molecule has 19 heavy (non-hydrogen) atoms. The summed E-state index contributed by atoms with van der Waals surface area (Å²) in [6.07, 6.45) is 0. The van der Waals surface area contributed by atoms with Crippen molar-refractivity contribution in [2.45, 2.75) is 0 Å². The number of carboxylic acids is 1. The van der Waals surface area contributed by atoms with E-state index in [1.165, 1.54) is 19.2 Å². The Bertz CT molecular complexity index is 613. The van der Waals surface area contributed by atoms with Crippen LogP contribution in [0.1, 0.15) is 10.5 Å². The van der Waals surface area contributed by atoms with E-state index in [2.05, 4.69) is 4.98 Å². The summed E-state index contributed by atoms with van der Waals surface area (Å²) >= 11 is 0. The van der Waals surface area contributed by atoms with Gasteiger partial charge in [0, 0.05) is 6.07 Å². The first-order valence-electron chi connectivity index (χ1n) is 5.42. The number of anilines is 1. The van der Waals surface area contributed by atoms with Crippen molar-refractivity contribution in [3.8, 4) is 17.4 Å². The predicted octanol–water partition coefficient (Wildman–Crippen LogP) is 2.16. The highest BCUT2D eigenvalue weighted by atomic mass is 16.5. The number of pyridine rings is 1. The molecule has 1 heterocycles. The molecule has 0 fully saturated rings. The first-order valence-corrected chi connectivity index (χ1v) is 5.42. The van der Waals surface area contributed by atoms with Crippen molar-refractivity contribution in [2.24, 2.45) is 0 Å². The van der Waals surface area contributed by atoms with E-state index in [1.807, 2.05) is 0 Å². The van der Waals surface area contributed by atoms with Crippen LogP contribution >= 0.6 is 0 Å². The molecule has 6 nitrogen and oxygen atoms in total. The summed E-state index contributed by atoms with van der Waals surface area (Å²) in [5, 5.41) is 8.87. The van der Waals surface area contributed by atoms with Crippen LogP contribution in [0.25, 0.3) is 0 Å². The second-order valence-corrected chi connectivity index (χ2v) is 3.68. The maximum absolute atomic E-state index is 10.8. The fourth-order valence-corrected chi connectivity index (χ4v) is 1.43. The molecular formula is C13H12N2O4. The molecule has 0 radical (unpaired) electrons. The molecule has 1 aromatic heterocycles. The molecule has 1 aromatic carbocycles. The van der Waals surface area contributed by atoms with Gasteiger partial charge < -0.3 is 20.3 Å². The van der Waals surface area contributed by atoms with Gasteiger partial charge in [0.05, 0.1) is 12.8 Å². The highest BCUT2D eigenvalue weighted by Gasteiger charge is 2.10. The van der Waals surface area contributed by atoms with Crippen LogP contribution in [0, 0.1) is 0 Å². The Hall–Kier alpha value is -2.76. The zero-order chi connectivity index (χ0) is 13.8. The molecule has 0 aliphatic rings. The number of carbonyl (C=O) groups is 1. The minimum absolute atomic E-state index is 0.0492. The number of nitrogen functional groups attached to an aromatic ring is 1. The van der Waals surface area contributed by atoms with Crippen LogP contribution in [0.2, 0.25) is 0 Å². The molecular weight excluding hydrogens is 248 g/mol. The Morgan fingerprint density at radius 3 is 2.68 bits per heavy atom. The van der Waals surface area contributed by atoms with E-state index in [1.54, 1.807) is 24.3 Å². The lowest BCUT2D eigenvalue weighted by molar-refractivity contribution is 0.0689. The van der Waals surface area contributed by atoms with Crippen LogP contribution in [-0.4, -0.2) is 23.2 Å². The normalized spacial score (nSPS) is 9.95. The van der Waals surface area contributed by atoms with Crippen LogP contribution in [-0.2, 0) is 0 Å². The van der Waals surface area contributed by atoms with Crippen molar-refractivity contribution >= 4 is 11.7 Å². The molecule has 98 valence electrons. The molecule has 0 aliphatic carbocycles. The van der Waals surface area contributed by atoms with Gasteiger partial charge in [-0.1, -0.05) is 6.07 Å². The Morgan fingerprint density at radius 2 is 2.00 bits per heavy atom. The van der Waals surface area contributed by atoms with Crippen molar-refractivity contribution in [3.63, 3.8) is 0 Å². The fraction of sp³-hybridized carbons (Fsp3) is 0.0769. The molecule has 0 amide bonds. The van der Waals surface area contributed by atoms with Crippen LogP contribution in [0.15, 0.2) is 36.4 Å². The average Bonchev–Trinajstić information content (AvgIpc) is 2.41. The number of nitrogens with two attached hydrogens (primary N) is 1. The van der Waals surface area contributed by atoms with E-state index >= 15 is 0 Å². The van der Waals surface area contributed by atoms with Gasteiger partial charge in [-0.05, 0) is 24.3 Å². The summed E-state index contributed by atoms with van der Waals surface area (Å²) in [6.45, 7) is 0. The van der Waals surface area contributed by atoms with Gasteiger partial charge >= 0.3 is 5.97 Å². The number of rotatable bonds is 4. The number of methoxy groups -OCH3 is 1. The standard InChI is InChI=1S/C13H12N2O4/c1-18-8-3-2-4-9(7-8)19-12-10(14)5-6-11(15-12)13(16)17/h2-7H,14H2,1H3,(H,16,17). The van der Waals surface area contributed by atoms with Gasteiger partial charge in [0.2, 0.25) is 5.88 Å². The third-order valence-corrected chi connectivity index (χ3v) is 2.36. The SMILES string of the molecule is COc1cccc(Oc2nc(C(=O)O)ccc2N)c1. The van der Waals surface area contributed by atoms with E-state index in [9.17, 15) is 4.79 Å². The van der Waals surface area contributed by atoms with E-state index in [0.717, 1.165) is 0 Å². The molecule has 0 aliphatic heterocycles. The highest BCUT2D eigenvalue weighted by Crippen LogP contribution is 2.27. The van der Waals surface area contributed by atoms with E-state index in [0.29, 0.717) is 11.5 Å². The lowest BCUT2D eigenvalue weighted by Crippen LogP contribution is -2.03.